The fourth-order valence-electron chi connectivity index (χ4n) is 3.14. The molecular formula is C17H27ClN2. The number of nitrogens with zero attached hydrogens (tertiary/aromatic N) is 1. The zero-order chi connectivity index (χ0) is 14.8. The van der Waals surface area contributed by atoms with Crippen LogP contribution < -0.4 is 5.73 Å². The average molecular weight is 295 g/mol. The lowest BCUT2D eigenvalue weighted by Gasteiger charge is -2.29. The van der Waals surface area contributed by atoms with Crippen LogP contribution >= 0.6 is 11.6 Å². The van der Waals surface area contributed by atoms with Gasteiger partial charge in [-0.1, -0.05) is 32.4 Å². The second-order valence-corrected chi connectivity index (χ2v) is 7.53. The second kappa shape index (κ2) is 6.36. The number of rotatable bonds is 2. The molecule has 1 saturated heterocycles. The van der Waals surface area contributed by atoms with Crippen LogP contribution in [0.2, 0.25) is 5.02 Å². The Bertz CT molecular complexity index is 451. The van der Waals surface area contributed by atoms with Crippen molar-refractivity contribution < 1.29 is 0 Å². The molecule has 0 bridgehead atoms. The van der Waals surface area contributed by atoms with Crippen LogP contribution in [0.1, 0.15) is 45.6 Å². The molecule has 0 spiro atoms. The molecule has 0 aliphatic carbocycles. The highest BCUT2D eigenvalue weighted by molar-refractivity contribution is 6.31. The van der Waals surface area contributed by atoms with Crippen LogP contribution in [-0.4, -0.2) is 18.0 Å². The zero-order valence-corrected chi connectivity index (χ0v) is 13.7. The van der Waals surface area contributed by atoms with Crippen molar-refractivity contribution in [3.63, 3.8) is 0 Å². The van der Waals surface area contributed by atoms with Gasteiger partial charge in [-0.3, -0.25) is 4.90 Å². The molecule has 0 saturated carbocycles. The summed E-state index contributed by atoms with van der Waals surface area (Å²) in [6.07, 6.45) is 3.90. The number of nitrogen functional groups attached to an aromatic ring is 1. The molecule has 0 radical (unpaired) electrons. The molecule has 1 aliphatic heterocycles. The maximum absolute atomic E-state index is 6.28. The first-order chi connectivity index (χ1) is 9.36. The summed E-state index contributed by atoms with van der Waals surface area (Å²) in [5, 5.41) is 0.829. The Labute approximate surface area is 128 Å². The fourth-order valence-corrected chi connectivity index (χ4v) is 3.31. The van der Waals surface area contributed by atoms with Crippen molar-refractivity contribution in [3.8, 4) is 0 Å². The predicted molar refractivity (Wildman–Crippen MR) is 87.9 cm³/mol. The first-order valence-electron chi connectivity index (χ1n) is 7.62. The summed E-state index contributed by atoms with van der Waals surface area (Å²) in [6, 6.07) is 5.78. The Hall–Kier alpha value is -0.730. The average Bonchev–Trinajstić information content (AvgIpc) is 2.59. The van der Waals surface area contributed by atoms with Crippen LogP contribution in [-0.2, 0) is 6.54 Å². The van der Waals surface area contributed by atoms with Crippen molar-refractivity contribution in [2.75, 3.05) is 18.8 Å². The van der Waals surface area contributed by atoms with E-state index in [0.29, 0.717) is 5.41 Å². The molecule has 2 rings (SSSR count). The second-order valence-electron chi connectivity index (χ2n) is 7.12. The number of benzene rings is 1. The molecule has 2 nitrogen and oxygen atoms in total. The number of hydrogen-bond donors (Lipinski definition) is 1. The summed E-state index contributed by atoms with van der Waals surface area (Å²) in [7, 11) is 0. The van der Waals surface area contributed by atoms with Gasteiger partial charge in [0.2, 0.25) is 0 Å². The molecule has 1 aromatic rings. The van der Waals surface area contributed by atoms with Gasteiger partial charge in [-0.25, -0.2) is 0 Å². The van der Waals surface area contributed by atoms with Gasteiger partial charge in [0.05, 0.1) is 0 Å². The van der Waals surface area contributed by atoms with E-state index in [1.807, 2.05) is 18.2 Å². The Balaban J connectivity index is 1.99. The molecular weight excluding hydrogens is 268 g/mol. The maximum atomic E-state index is 6.28. The summed E-state index contributed by atoms with van der Waals surface area (Å²) in [5.74, 6) is 0.823. The molecule has 1 aliphatic rings. The molecule has 1 heterocycles. The summed E-state index contributed by atoms with van der Waals surface area (Å²) in [4.78, 5) is 2.52. The van der Waals surface area contributed by atoms with Crippen molar-refractivity contribution in [1.29, 1.82) is 0 Å². The first-order valence-corrected chi connectivity index (χ1v) is 8.00. The highest BCUT2D eigenvalue weighted by atomic mass is 35.5. The third-order valence-corrected chi connectivity index (χ3v) is 4.88. The highest BCUT2D eigenvalue weighted by Crippen LogP contribution is 2.34. The largest absolute Gasteiger partial charge is 0.399 e. The number of anilines is 1. The Morgan fingerprint density at radius 1 is 1.25 bits per heavy atom. The SMILES string of the molecule is CC(C)(C)C1CCCN(Cc2cc(N)ccc2Cl)CC1. The van der Waals surface area contributed by atoms with Gasteiger partial charge in [-0.15, -0.1) is 0 Å². The van der Waals surface area contributed by atoms with Gasteiger partial charge in [-0.05, 0) is 67.4 Å². The molecule has 1 atom stereocenters. The third kappa shape index (κ3) is 4.13. The van der Waals surface area contributed by atoms with Gasteiger partial charge in [0, 0.05) is 17.3 Å². The lowest BCUT2D eigenvalue weighted by molar-refractivity contribution is 0.206. The van der Waals surface area contributed by atoms with Crippen molar-refractivity contribution in [2.45, 2.75) is 46.6 Å². The molecule has 0 amide bonds. The van der Waals surface area contributed by atoms with E-state index in [2.05, 4.69) is 25.7 Å². The quantitative estimate of drug-likeness (QED) is 0.810. The Morgan fingerprint density at radius 3 is 2.70 bits per heavy atom. The summed E-state index contributed by atoms with van der Waals surface area (Å²) < 4.78 is 0. The van der Waals surface area contributed by atoms with Gasteiger partial charge in [0.1, 0.15) is 0 Å². The van der Waals surface area contributed by atoms with Crippen LogP contribution in [0.25, 0.3) is 0 Å². The van der Waals surface area contributed by atoms with E-state index in [4.69, 9.17) is 17.3 Å². The summed E-state index contributed by atoms with van der Waals surface area (Å²) in [6.45, 7) is 10.3. The van der Waals surface area contributed by atoms with Crippen molar-refractivity contribution in [2.24, 2.45) is 11.3 Å². The number of likely N-dealkylation sites (tertiary alicyclic amines) is 1. The van der Waals surface area contributed by atoms with Crippen molar-refractivity contribution in [3.05, 3.63) is 28.8 Å². The lowest BCUT2D eigenvalue weighted by atomic mass is 9.77. The molecule has 1 fully saturated rings. The van der Waals surface area contributed by atoms with Crippen molar-refractivity contribution >= 4 is 17.3 Å². The lowest BCUT2D eigenvalue weighted by Crippen LogP contribution is -2.26. The van der Waals surface area contributed by atoms with E-state index >= 15 is 0 Å². The predicted octanol–water partition coefficient (Wildman–Crippen LogP) is 4.57. The van der Waals surface area contributed by atoms with E-state index in [1.54, 1.807) is 0 Å². The third-order valence-electron chi connectivity index (χ3n) is 4.51. The topological polar surface area (TPSA) is 29.3 Å². The van der Waals surface area contributed by atoms with Gasteiger partial charge in [-0.2, -0.15) is 0 Å². The molecule has 1 unspecified atom stereocenters. The molecule has 1 aromatic carbocycles. The minimum atomic E-state index is 0.421. The van der Waals surface area contributed by atoms with Gasteiger partial charge < -0.3 is 5.73 Å². The van der Waals surface area contributed by atoms with E-state index in [9.17, 15) is 0 Å². The summed E-state index contributed by atoms with van der Waals surface area (Å²) >= 11 is 6.28. The minimum absolute atomic E-state index is 0.421. The molecule has 2 N–H and O–H groups in total. The maximum Gasteiger partial charge on any atom is 0.0452 e. The minimum Gasteiger partial charge on any atom is -0.399 e. The normalized spacial score (nSPS) is 21.7. The van der Waals surface area contributed by atoms with Crippen LogP contribution in [0.3, 0.4) is 0 Å². The van der Waals surface area contributed by atoms with Crippen LogP contribution in [0, 0.1) is 11.3 Å². The smallest absolute Gasteiger partial charge is 0.0452 e. The zero-order valence-electron chi connectivity index (χ0n) is 13.0. The molecule has 3 heteroatoms. The monoisotopic (exact) mass is 294 g/mol. The molecule has 112 valence electrons. The Morgan fingerprint density at radius 2 is 2.00 bits per heavy atom. The first kappa shape index (κ1) is 15.7. The fraction of sp³-hybridized carbons (Fsp3) is 0.647. The van der Waals surface area contributed by atoms with Crippen molar-refractivity contribution in [1.82, 2.24) is 4.90 Å². The van der Waals surface area contributed by atoms with Crippen LogP contribution in [0.15, 0.2) is 18.2 Å². The van der Waals surface area contributed by atoms with E-state index in [-0.39, 0.29) is 0 Å². The number of hydrogen-bond acceptors (Lipinski definition) is 2. The summed E-state index contributed by atoms with van der Waals surface area (Å²) in [5.41, 5.74) is 8.24. The van der Waals surface area contributed by atoms with Gasteiger partial charge in [0.25, 0.3) is 0 Å². The van der Waals surface area contributed by atoms with Gasteiger partial charge in [0.15, 0.2) is 0 Å². The van der Waals surface area contributed by atoms with E-state index in [1.165, 1.54) is 19.3 Å². The van der Waals surface area contributed by atoms with Gasteiger partial charge >= 0.3 is 0 Å². The molecule has 20 heavy (non-hydrogen) atoms. The van der Waals surface area contributed by atoms with E-state index < -0.39 is 0 Å². The number of nitrogens with two attached hydrogens (primary N) is 1. The van der Waals surface area contributed by atoms with Crippen LogP contribution in [0.5, 0.6) is 0 Å². The Kier molecular flexibility index (Phi) is 4.98. The van der Waals surface area contributed by atoms with E-state index in [0.717, 1.165) is 41.8 Å². The van der Waals surface area contributed by atoms with Crippen LogP contribution in [0.4, 0.5) is 5.69 Å². The highest BCUT2D eigenvalue weighted by Gasteiger charge is 2.27. The number of halogens is 1. The molecule has 0 aromatic heterocycles. The standard InChI is InChI=1S/C17H27ClN2/c1-17(2,3)14-5-4-9-20(10-8-14)12-13-11-15(19)6-7-16(13)18/h6-7,11,14H,4-5,8-10,12,19H2,1-3H3.